The van der Waals surface area contributed by atoms with Crippen LogP contribution in [0.5, 0.6) is 0 Å². The zero-order valence-electron chi connectivity index (χ0n) is 16.0. The third kappa shape index (κ3) is 6.12. The van der Waals surface area contributed by atoms with Crippen molar-refractivity contribution in [2.45, 2.75) is 40.3 Å². The number of allylic oxidation sites excluding steroid dienone is 1. The van der Waals surface area contributed by atoms with Gasteiger partial charge in [0.1, 0.15) is 28.4 Å². The summed E-state index contributed by atoms with van der Waals surface area (Å²) >= 11 is 5.90. The Morgan fingerprint density at radius 3 is 2.68 bits per heavy atom. The Kier molecular flexibility index (Phi) is 7.62. The van der Waals surface area contributed by atoms with Gasteiger partial charge in [0.15, 0.2) is 0 Å². The number of aliphatic imine (C=N–C) groups is 2. The molecule has 1 atom stereocenters. The molecule has 0 radical (unpaired) electrons. The van der Waals surface area contributed by atoms with Crippen LogP contribution in [0.2, 0.25) is 0 Å². The smallest absolute Gasteiger partial charge is 0.226 e. The molecular formula is C18H22ClF2N7. The standard InChI is InChI=1S/C18H22ClF2N7/c1-5-15(26-16-9-28(6-2)10-23-16)27-18(25-12(4)19)24-11(3)17-14(21)7-13(20)8-22-17/h5,7-11,26H,6H2,1-4H3,(H,24,27)/b15-5?,25-12+/t11-/m0/s1. The number of imidazole rings is 1. The summed E-state index contributed by atoms with van der Waals surface area (Å²) in [5.74, 6) is -0.292. The topological polar surface area (TPSA) is 79.5 Å². The van der Waals surface area contributed by atoms with Crippen molar-refractivity contribution in [3.8, 4) is 0 Å². The monoisotopic (exact) mass is 409 g/mol. The van der Waals surface area contributed by atoms with Gasteiger partial charge in [0.2, 0.25) is 5.96 Å². The van der Waals surface area contributed by atoms with E-state index >= 15 is 0 Å². The highest BCUT2D eigenvalue weighted by molar-refractivity contribution is 6.65. The van der Waals surface area contributed by atoms with E-state index in [9.17, 15) is 8.78 Å². The van der Waals surface area contributed by atoms with E-state index in [1.807, 2.05) is 17.7 Å². The number of hydrogen-bond donors (Lipinski definition) is 2. The molecule has 0 unspecified atom stereocenters. The molecule has 0 bridgehead atoms. The van der Waals surface area contributed by atoms with E-state index < -0.39 is 17.7 Å². The molecule has 28 heavy (non-hydrogen) atoms. The second-order valence-electron chi connectivity index (χ2n) is 5.82. The maximum absolute atomic E-state index is 14.0. The summed E-state index contributed by atoms with van der Waals surface area (Å²) in [5, 5.41) is 6.24. The van der Waals surface area contributed by atoms with Crippen LogP contribution in [0.1, 0.15) is 39.4 Å². The zero-order chi connectivity index (χ0) is 20.7. The molecule has 0 aliphatic rings. The summed E-state index contributed by atoms with van der Waals surface area (Å²) in [4.78, 5) is 16.6. The lowest BCUT2D eigenvalue weighted by Crippen LogP contribution is -2.27. The molecule has 0 spiro atoms. The molecule has 2 aromatic heterocycles. The van der Waals surface area contributed by atoms with Crippen LogP contribution in [-0.2, 0) is 6.54 Å². The lowest BCUT2D eigenvalue weighted by molar-refractivity contribution is 0.534. The molecule has 2 N–H and O–H groups in total. The molecule has 0 amide bonds. The Morgan fingerprint density at radius 2 is 2.11 bits per heavy atom. The molecule has 2 aromatic rings. The minimum atomic E-state index is -0.764. The molecule has 2 heterocycles. The van der Waals surface area contributed by atoms with Crippen molar-refractivity contribution in [1.29, 1.82) is 0 Å². The average molecular weight is 410 g/mol. The highest BCUT2D eigenvalue weighted by atomic mass is 35.5. The lowest BCUT2D eigenvalue weighted by atomic mass is 10.2. The minimum absolute atomic E-state index is 0.0354. The van der Waals surface area contributed by atoms with Crippen LogP contribution >= 0.6 is 11.6 Å². The number of anilines is 1. The van der Waals surface area contributed by atoms with E-state index in [1.54, 1.807) is 33.2 Å². The first kappa shape index (κ1) is 21.5. The van der Waals surface area contributed by atoms with Crippen molar-refractivity contribution >= 4 is 28.5 Å². The first-order valence-electron chi connectivity index (χ1n) is 8.64. The van der Waals surface area contributed by atoms with Crippen molar-refractivity contribution in [3.63, 3.8) is 0 Å². The molecule has 0 aliphatic heterocycles. The van der Waals surface area contributed by atoms with Crippen LogP contribution in [0.15, 0.2) is 46.7 Å². The maximum atomic E-state index is 14.0. The Balaban J connectivity index is 2.24. The van der Waals surface area contributed by atoms with Crippen molar-refractivity contribution in [3.05, 3.63) is 54.0 Å². The van der Waals surface area contributed by atoms with Crippen molar-refractivity contribution in [2.75, 3.05) is 5.32 Å². The number of rotatable bonds is 6. The third-order valence-corrected chi connectivity index (χ3v) is 3.69. The molecule has 10 heteroatoms. The van der Waals surface area contributed by atoms with E-state index in [1.165, 1.54) is 0 Å². The predicted molar refractivity (Wildman–Crippen MR) is 107 cm³/mol. The SMILES string of the molecule is CC=C(/N=C(\N=C(/C)Cl)N[C@@H](C)c1ncc(F)cc1F)Nc1cn(CC)cn1. The van der Waals surface area contributed by atoms with Gasteiger partial charge in [-0.05, 0) is 33.8 Å². The third-order valence-electron chi connectivity index (χ3n) is 3.61. The van der Waals surface area contributed by atoms with Crippen LogP contribution in [-0.4, -0.2) is 25.7 Å². The fourth-order valence-electron chi connectivity index (χ4n) is 2.25. The molecule has 150 valence electrons. The van der Waals surface area contributed by atoms with Gasteiger partial charge in [0.25, 0.3) is 0 Å². The second kappa shape index (κ2) is 9.93. The van der Waals surface area contributed by atoms with Crippen LogP contribution < -0.4 is 10.6 Å². The molecule has 0 saturated carbocycles. The molecule has 2 rings (SSSR count). The predicted octanol–water partition coefficient (Wildman–Crippen LogP) is 4.21. The van der Waals surface area contributed by atoms with Crippen molar-refractivity contribution < 1.29 is 8.78 Å². The summed E-state index contributed by atoms with van der Waals surface area (Å²) in [5.41, 5.74) is 0.0354. The Labute approximate surface area is 167 Å². The van der Waals surface area contributed by atoms with Gasteiger partial charge in [-0.1, -0.05) is 11.6 Å². The summed E-state index contributed by atoms with van der Waals surface area (Å²) < 4.78 is 29.0. The highest BCUT2D eigenvalue weighted by Gasteiger charge is 2.15. The summed E-state index contributed by atoms with van der Waals surface area (Å²) in [6, 6.07) is 0.146. The van der Waals surface area contributed by atoms with E-state index in [2.05, 4.69) is 30.6 Å². The fraction of sp³-hybridized carbons (Fsp3) is 0.333. The van der Waals surface area contributed by atoms with Gasteiger partial charge in [0, 0.05) is 18.8 Å². The molecule has 7 nitrogen and oxygen atoms in total. The van der Waals surface area contributed by atoms with Crippen LogP contribution in [0.3, 0.4) is 0 Å². The van der Waals surface area contributed by atoms with E-state index in [0.717, 1.165) is 18.8 Å². The summed E-state index contributed by atoms with van der Waals surface area (Å²) in [7, 11) is 0. The molecule has 0 saturated heterocycles. The van der Waals surface area contributed by atoms with E-state index in [0.29, 0.717) is 11.6 Å². The normalized spacial score (nSPS) is 14.2. The number of aryl methyl sites for hydroxylation is 1. The van der Waals surface area contributed by atoms with Crippen LogP contribution in [0.4, 0.5) is 14.6 Å². The number of halogens is 3. The van der Waals surface area contributed by atoms with Crippen molar-refractivity contribution in [1.82, 2.24) is 19.9 Å². The van der Waals surface area contributed by atoms with Gasteiger partial charge < -0.3 is 15.2 Å². The fourth-order valence-corrected chi connectivity index (χ4v) is 2.33. The van der Waals surface area contributed by atoms with E-state index in [4.69, 9.17) is 11.6 Å². The van der Waals surface area contributed by atoms with Crippen molar-refractivity contribution in [2.24, 2.45) is 9.98 Å². The minimum Gasteiger partial charge on any atom is -0.346 e. The number of pyridine rings is 1. The van der Waals surface area contributed by atoms with Gasteiger partial charge in [0.05, 0.1) is 24.3 Å². The number of nitrogens with one attached hydrogen (secondary N) is 2. The quantitative estimate of drug-likeness (QED) is 0.553. The van der Waals surface area contributed by atoms with Gasteiger partial charge in [-0.25, -0.2) is 18.8 Å². The lowest BCUT2D eigenvalue weighted by Gasteiger charge is -2.15. The largest absolute Gasteiger partial charge is 0.346 e. The van der Waals surface area contributed by atoms with Crippen LogP contribution in [0.25, 0.3) is 0 Å². The molecule has 0 aromatic carbocycles. The van der Waals surface area contributed by atoms with Crippen LogP contribution in [0, 0.1) is 11.6 Å². The molecule has 0 aliphatic carbocycles. The summed E-state index contributed by atoms with van der Waals surface area (Å²) in [6.07, 6.45) is 6.22. The Bertz CT molecular complexity index is 901. The molecular weight excluding hydrogens is 388 g/mol. The second-order valence-corrected chi connectivity index (χ2v) is 6.37. The number of nitrogens with zero attached hydrogens (tertiary/aromatic N) is 5. The van der Waals surface area contributed by atoms with Gasteiger partial charge >= 0.3 is 0 Å². The van der Waals surface area contributed by atoms with Gasteiger partial charge in [-0.3, -0.25) is 4.98 Å². The first-order chi connectivity index (χ1) is 13.3. The number of guanidine groups is 1. The Hall–Kier alpha value is -2.81. The highest BCUT2D eigenvalue weighted by Crippen LogP contribution is 2.15. The van der Waals surface area contributed by atoms with Gasteiger partial charge in [-0.2, -0.15) is 4.99 Å². The van der Waals surface area contributed by atoms with E-state index in [-0.39, 0.29) is 16.8 Å². The maximum Gasteiger partial charge on any atom is 0.226 e. The first-order valence-corrected chi connectivity index (χ1v) is 9.02. The zero-order valence-corrected chi connectivity index (χ0v) is 16.8. The number of hydrogen-bond acceptors (Lipinski definition) is 4. The Morgan fingerprint density at radius 1 is 1.36 bits per heavy atom. The summed E-state index contributed by atoms with van der Waals surface area (Å²) in [6.45, 7) is 7.83. The average Bonchev–Trinajstić information content (AvgIpc) is 3.08. The number of aromatic nitrogens is 3. The molecule has 0 fully saturated rings. The van der Waals surface area contributed by atoms with Gasteiger partial charge in [-0.15, -0.1) is 0 Å².